The molecule has 0 aromatic heterocycles. The van der Waals surface area contributed by atoms with Crippen LogP contribution in [0.15, 0.2) is 0 Å². The molecule has 1 heterocycles. The van der Waals surface area contributed by atoms with Crippen molar-refractivity contribution in [2.45, 2.75) is 51.1 Å². The zero-order chi connectivity index (χ0) is 9.10. The predicted molar refractivity (Wildman–Crippen MR) is 53.8 cm³/mol. The molecule has 1 aliphatic heterocycles. The van der Waals surface area contributed by atoms with Gasteiger partial charge in [0.2, 0.25) is 0 Å². The molecule has 0 aromatic rings. The molecule has 0 spiro atoms. The largest absolute Gasteiger partial charge is 0.378 e. The highest BCUT2D eigenvalue weighted by Crippen LogP contribution is 2.26. The van der Waals surface area contributed by atoms with Crippen LogP contribution in [0.5, 0.6) is 0 Å². The summed E-state index contributed by atoms with van der Waals surface area (Å²) in [5.41, 5.74) is 0. The van der Waals surface area contributed by atoms with Gasteiger partial charge in [0.1, 0.15) is 0 Å². The molecule has 2 nitrogen and oxygen atoms in total. The second-order valence-electron chi connectivity index (χ2n) is 4.53. The molecular weight excluding hydrogens is 162 g/mol. The summed E-state index contributed by atoms with van der Waals surface area (Å²) in [5.74, 6) is 1.01. The summed E-state index contributed by atoms with van der Waals surface area (Å²) < 4.78 is 5.16. The Morgan fingerprint density at radius 3 is 2.23 bits per heavy atom. The van der Waals surface area contributed by atoms with Crippen molar-refractivity contribution < 1.29 is 4.74 Å². The highest BCUT2D eigenvalue weighted by Gasteiger charge is 2.25. The van der Waals surface area contributed by atoms with Gasteiger partial charge in [-0.1, -0.05) is 13.3 Å². The Bertz CT molecular complexity index is 148. The third-order valence-electron chi connectivity index (χ3n) is 3.53. The van der Waals surface area contributed by atoms with Gasteiger partial charge in [-0.3, -0.25) is 0 Å². The molecule has 2 rings (SSSR count). The smallest absolute Gasteiger partial charge is 0.0643 e. The van der Waals surface area contributed by atoms with Gasteiger partial charge in [-0.15, -0.1) is 0 Å². The van der Waals surface area contributed by atoms with E-state index in [0.717, 1.165) is 25.2 Å². The molecule has 1 saturated carbocycles. The third-order valence-corrected chi connectivity index (χ3v) is 3.53. The quantitative estimate of drug-likeness (QED) is 0.722. The highest BCUT2D eigenvalue weighted by atomic mass is 16.5. The maximum atomic E-state index is 5.16. The molecule has 2 aliphatic rings. The second-order valence-corrected chi connectivity index (χ2v) is 4.53. The lowest BCUT2D eigenvalue weighted by Gasteiger charge is -2.35. The lowest BCUT2D eigenvalue weighted by molar-refractivity contribution is -0.0127. The number of ether oxygens (including phenoxy) is 1. The van der Waals surface area contributed by atoms with E-state index in [1.807, 2.05) is 0 Å². The van der Waals surface area contributed by atoms with Gasteiger partial charge in [0.15, 0.2) is 0 Å². The summed E-state index contributed by atoms with van der Waals surface area (Å²) in [5, 5.41) is 3.67. The SMILES string of the molecule is CCC1CCC(NC2COC2)CC1. The van der Waals surface area contributed by atoms with Crippen molar-refractivity contribution in [2.75, 3.05) is 13.2 Å². The van der Waals surface area contributed by atoms with E-state index in [4.69, 9.17) is 4.74 Å². The van der Waals surface area contributed by atoms with Crippen molar-refractivity contribution in [1.82, 2.24) is 5.32 Å². The zero-order valence-electron chi connectivity index (χ0n) is 8.59. The fraction of sp³-hybridized carbons (Fsp3) is 1.00. The van der Waals surface area contributed by atoms with Gasteiger partial charge < -0.3 is 10.1 Å². The van der Waals surface area contributed by atoms with Crippen molar-refractivity contribution >= 4 is 0 Å². The van der Waals surface area contributed by atoms with E-state index in [-0.39, 0.29) is 0 Å². The maximum Gasteiger partial charge on any atom is 0.0643 e. The summed E-state index contributed by atoms with van der Waals surface area (Å²) in [6.07, 6.45) is 7.01. The van der Waals surface area contributed by atoms with E-state index in [2.05, 4.69) is 12.2 Å². The minimum atomic E-state index is 0.670. The van der Waals surface area contributed by atoms with Gasteiger partial charge in [-0.2, -0.15) is 0 Å². The fourth-order valence-electron chi connectivity index (χ4n) is 2.40. The Balaban J connectivity index is 1.65. The Kier molecular flexibility index (Phi) is 3.23. The van der Waals surface area contributed by atoms with Crippen molar-refractivity contribution in [3.8, 4) is 0 Å². The molecule has 0 atom stereocenters. The van der Waals surface area contributed by atoms with E-state index in [0.29, 0.717) is 6.04 Å². The molecule has 2 fully saturated rings. The summed E-state index contributed by atoms with van der Waals surface area (Å²) in [6, 6.07) is 1.46. The van der Waals surface area contributed by atoms with E-state index in [1.165, 1.54) is 32.1 Å². The first-order chi connectivity index (χ1) is 6.38. The van der Waals surface area contributed by atoms with Crippen LogP contribution in [0.3, 0.4) is 0 Å². The average Bonchev–Trinajstić information content (AvgIpc) is 2.12. The van der Waals surface area contributed by atoms with Crippen LogP contribution in [-0.4, -0.2) is 25.3 Å². The average molecular weight is 183 g/mol. The Morgan fingerprint density at radius 2 is 1.77 bits per heavy atom. The second kappa shape index (κ2) is 4.43. The Hall–Kier alpha value is -0.0800. The van der Waals surface area contributed by atoms with Crippen LogP contribution in [0.25, 0.3) is 0 Å². The Labute approximate surface area is 81.0 Å². The lowest BCUT2D eigenvalue weighted by atomic mass is 9.84. The Morgan fingerprint density at radius 1 is 1.08 bits per heavy atom. The van der Waals surface area contributed by atoms with Gasteiger partial charge in [0.05, 0.1) is 19.3 Å². The van der Waals surface area contributed by atoms with E-state index >= 15 is 0 Å². The third kappa shape index (κ3) is 2.44. The van der Waals surface area contributed by atoms with Crippen LogP contribution < -0.4 is 5.32 Å². The van der Waals surface area contributed by atoms with Crippen molar-refractivity contribution in [3.63, 3.8) is 0 Å². The fourth-order valence-corrected chi connectivity index (χ4v) is 2.40. The minimum Gasteiger partial charge on any atom is -0.378 e. The van der Waals surface area contributed by atoms with Gasteiger partial charge in [0, 0.05) is 6.04 Å². The van der Waals surface area contributed by atoms with Gasteiger partial charge in [-0.05, 0) is 31.6 Å². The molecule has 76 valence electrons. The first-order valence-corrected chi connectivity index (χ1v) is 5.72. The van der Waals surface area contributed by atoms with E-state index in [9.17, 15) is 0 Å². The monoisotopic (exact) mass is 183 g/mol. The molecule has 1 aliphatic carbocycles. The molecule has 13 heavy (non-hydrogen) atoms. The number of rotatable bonds is 3. The van der Waals surface area contributed by atoms with Crippen molar-refractivity contribution in [3.05, 3.63) is 0 Å². The number of hydrogen-bond donors (Lipinski definition) is 1. The van der Waals surface area contributed by atoms with Gasteiger partial charge in [-0.25, -0.2) is 0 Å². The molecule has 1 N–H and O–H groups in total. The van der Waals surface area contributed by atoms with Crippen LogP contribution in [0.1, 0.15) is 39.0 Å². The molecule has 0 aromatic carbocycles. The molecule has 0 bridgehead atoms. The molecule has 1 saturated heterocycles. The summed E-state index contributed by atoms with van der Waals surface area (Å²) >= 11 is 0. The van der Waals surface area contributed by atoms with E-state index in [1.54, 1.807) is 0 Å². The summed E-state index contributed by atoms with van der Waals surface area (Å²) in [6.45, 7) is 4.19. The van der Waals surface area contributed by atoms with Gasteiger partial charge in [0.25, 0.3) is 0 Å². The van der Waals surface area contributed by atoms with Crippen LogP contribution in [0.4, 0.5) is 0 Å². The molecule has 0 unspecified atom stereocenters. The van der Waals surface area contributed by atoms with Crippen LogP contribution >= 0.6 is 0 Å². The first kappa shape index (κ1) is 9.47. The maximum absolute atomic E-state index is 5.16. The molecule has 0 radical (unpaired) electrons. The van der Waals surface area contributed by atoms with Crippen LogP contribution in [0, 0.1) is 5.92 Å². The summed E-state index contributed by atoms with van der Waals surface area (Å²) in [7, 11) is 0. The van der Waals surface area contributed by atoms with Crippen LogP contribution in [0.2, 0.25) is 0 Å². The number of nitrogens with one attached hydrogen (secondary N) is 1. The van der Waals surface area contributed by atoms with E-state index < -0.39 is 0 Å². The van der Waals surface area contributed by atoms with Crippen LogP contribution in [-0.2, 0) is 4.74 Å². The first-order valence-electron chi connectivity index (χ1n) is 5.72. The lowest BCUT2D eigenvalue weighted by Crippen LogP contribution is -2.51. The molecule has 2 heteroatoms. The van der Waals surface area contributed by atoms with Crippen molar-refractivity contribution in [1.29, 1.82) is 0 Å². The number of hydrogen-bond acceptors (Lipinski definition) is 2. The summed E-state index contributed by atoms with van der Waals surface area (Å²) in [4.78, 5) is 0. The van der Waals surface area contributed by atoms with Crippen molar-refractivity contribution in [2.24, 2.45) is 5.92 Å². The predicted octanol–water partition coefficient (Wildman–Crippen LogP) is 1.94. The zero-order valence-corrected chi connectivity index (χ0v) is 8.59. The highest BCUT2D eigenvalue weighted by molar-refractivity contribution is 4.82. The molecular formula is C11H21NO. The van der Waals surface area contributed by atoms with Gasteiger partial charge >= 0.3 is 0 Å². The minimum absolute atomic E-state index is 0.670. The topological polar surface area (TPSA) is 21.3 Å². The standard InChI is InChI=1S/C11H21NO/c1-2-9-3-5-10(6-4-9)12-11-7-13-8-11/h9-12H,2-8H2,1H3. The normalized spacial score (nSPS) is 35.8. The molecule has 0 amide bonds.